The zero-order valence-corrected chi connectivity index (χ0v) is 12.1. The van der Waals surface area contributed by atoms with Crippen LogP contribution in [0.5, 0.6) is 0 Å². The standard InChI is InChI=1S/C7H9F6NO6S2/c1-2-3-4(15)14-21(16,17)6(10,11)5(8,9)7(12,13)22(18,19)20/h2-3H2,1H3,(H,14,15)(H,18,19,20). The molecule has 0 aliphatic heterocycles. The Bertz CT molecular complexity index is 642. The van der Waals surface area contributed by atoms with Crippen LogP contribution in [0, 0.1) is 0 Å². The maximum absolute atomic E-state index is 13.2. The number of amides is 1. The van der Waals surface area contributed by atoms with Gasteiger partial charge < -0.3 is 0 Å². The molecular weight excluding hydrogens is 372 g/mol. The van der Waals surface area contributed by atoms with Gasteiger partial charge in [-0.2, -0.15) is 43.2 Å². The van der Waals surface area contributed by atoms with Gasteiger partial charge in [0, 0.05) is 6.42 Å². The van der Waals surface area contributed by atoms with Crippen LogP contribution in [-0.2, 0) is 24.9 Å². The van der Waals surface area contributed by atoms with Gasteiger partial charge in [0.25, 0.3) is 0 Å². The van der Waals surface area contributed by atoms with Crippen molar-refractivity contribution in [2.24, 2.45) is 0 Å². The molecule has 15 heteroatoms. The number of alkyl halides is 6. The highest BCUT2D eigenvalue weighted by atomic mass is 32.2. The third kappa shape index (κ3) is 3.29. The fourth-order valence-electron chi connectivity index (χ4n) is 0.992. The molecule has 0 aliphatic rings. The number of hydrogen-bond acceptors (Lipinski definition) is 5. The summed E-state index contributed by atoms with van der Waals surface area (Å²) in [5.74, 6) is -8.76. The SMILES string of the molecule is CCCC(=O)NS(=O)(=O)C(F)(F)C(F)(F)C(F)(F)S(=O)(=O)O. The van der Waals surface area contributed by atoms with Crippen LogP contribution >= 0.6 is 0 Å². The van der Waals surface area contributed by atoms with Gasteiger partial charge in [0.05, 0.1) is 0 Å². The van der Waals surface area contributed by atoms with Crippen LogP contribution < -0.4 is 4.72 Å². The minimum absolute atomic E-state index is 0.0928. The van der Waals surface area contributed by atoms with Gasteiger partial charge >= 0.3 is 36.6 Å². The van der Waals surface area contributed by atoms with E-state index in [1.165, 1.54) is 6.92 Å². The van der Waals surface area contributed by atoms with Gasteiger partial charge in [0.2, 0.25) is 5.91 Å². The van der Waals surface area contributed by atoms with E-state index >= 15 is 0 Å². The van der Waals surface area contributed by atoms with E-state index < -0.39 is 48.9 Å². The summed E-state index contributed by atoms with van der Waals surface area (Å²) in [6.45, 7) is 1.28. The van der Waals surface area contributed by atoms with E-state index in [1.54, 1.807) is 0 Å². The molecule has 0 spiro atoms. The molecule has 0 fully saturated rings. The molecule has 22 heavy (non-hydrogen) atoms. The Morgan fingerprint density at radius 2 is 1.41 bits per heavy atom. The molecule has 0 aliphatic carbocycles. The summed E-state index contributed by atoms with van der Waals surface area (Å²) < 4.78 is 129. The second kappa shape index (κ2) is 5.84. The van der Waals surface area contributed by atoms with Gasteiger partial charge in [-0.25, -0.2) is 4.72 Å². The third-order valence-corrected chi connectivity index (χ3v) is 4.45. The summed E-state index contributed by atoms with van der Waals surface area (Å²) in [7, 11) is -13.8. The van der Waals surface area contributed by atoms with E-state index in [9.17, 15) is 48.0 Å². The number of sulfonamides is 1. The average Bonchev–Trinajstić information content (AvgIpc) is 2.25. The summed E-state index contributed by atoms with van der Waals surface area (Å²) in [5.41, 5.74) is 0. The van der Waals surface area contributed by atoms with Crippen molar-refractivity contribution in [3.05, 3.63) is 0 Å². The Balaban J connectivity index is 5.96. The van der Waals surface area contributed by atoms with Crippen molar-refractivity contribution < 1.29 is 52.5 Å². The predicted molar refractivity (Wildman–Crippen MR) is 58.4 cm³/mol. The summed E-state index contributed by atoms with van der Waals surface area (Å²) in [6, 6.07) is 0. The smallest absolute Gasteiger partial charge is 0.281 e. The van der Waals surface area contributed by atoms with Gasteiger partial charge in [0.1, 0.15) is 0 Å². The Kier molecular flexibility index (Phi) is 5.55. The van der Waals surface area contributed by atoms with Crippen LogP contribution in [0.4, 0.5) is 26.3 Å². The van der Waals surface area contributed by atoms with Crippen molar-refractivity contribution in [1.82, 2.24) is 4.72 Å². The molecule has 0 saturated heterocycles. The number of rotatable bonds is 7. The molecule has 7 nitrogen and oxygen atoms in total. The molecule has 0 atom stereocenters. The van der Waals surface area contributed by atoms with E-state index in [1.807, 2.05) is 0 Å². The first kappa shape index (κ1) is 20.9. The average molecular weight is 381 g/mol. The molecular formula is C7H9F6NO6S2. The molecule has 0 saturated carbocycles. The molecule has 1 amide bonds. The second-order valence-corrected chi connectivity index (χ2v) is 7.05. The highest BCUT2D eigenvalue weighted by Gasteiger charge is 2.82. The first-order valence-electron chi connectivity index (χ1n) is 5.11. The zero-order chi connectivity index (χ0) is 18.2. The number of carbonyl (C=O) groups is 1. The van der Waals surface area contributed by atoms with Crippen LogP contribution in [0.25, 0.3) is 0 Å². The van der Waals surface area contributed by atoms with E-state index in [4.69, 9.17) is 4.55 Å². The summed E-state index contributed by atoms with van der Waals surface area (Å²) in [4.78, 5) is 10.9. The summed E-state index contributed by atoms with van der Waals surface area (Å²) >= 11 is 0. The Morgan fingerprint density at radius 1 is 1.00 bits per heavy atom. The monoisotopic (exact) mass is 381 g/mol. The topological polar surface area (TPSA) is 118 Å². The van der Waals surface area contributed by atoms with E-state index in [0.29, 0.717) is 4.72 Å². The lowest BCUT2D eigenvalue weighted by Crippen LogP contribution is -2.63. The second-order valence-electron chi connectivity index (χ2n) is 3.86. The fourth-order valence-corrected chi connectivity index (χ4v) is 2.50. The molecule has 132 valence electrons. The summed E-state index contributed by atoms with van der Waals surface area (Å²) in [5, 5.41) is -13.5. The molecule has 0 heterocycles. The van der Waals surface area contributed by atoms with Crippen molar-refractivity contribution in [3.8, 4) is 0 Å². The van der Waals surface area contributed by atoms with Crippen LogP contribution in [0.2, 0.25) is 0 Å². The van der Waals surface area contributed by atoms with Gasteiger partial charge in [0.15, 0.2) is 0 Å². The minimum atomic E-state index is -7.08. The molecule has 0 radical (unpaired) electrons. The van der Waals surface area contributed by atoms with Crippen molar-refractivity contribution in [3.63, 3.8) is 0 Å². The first-order chi connectivity index (χ1) is 9.45. The van der Waals surface area contributed by atoms with Gasteiger partial charge in [-0.05, 0) is 6.42 Å². The maximum Gasteiger partial charge on any atom is 0.439 e. The zero-order valence-electron chi connectivity index (χ0n) is 10.5. The Labute approximate surface area is 120 Å². The van der Waals surface area contributed by atoms with Crippen molar-refractivity contribution in [1.29, 1.82) is 0 Å². The van der Waals surface area contributed by atoms with Gasteiger partial charge in [-0.15, -0.1) is 0 Å². The number of carbonyl (C=O) groups excluding carboxylic acids is 1. The van der Waals surface area contributed by atoms with E-state index in [2.05, 4.69) is 0 Å². The minimum Gasteiger partial charge on any atom is -0.281 e. The highest BCUT2D eigenvalue weighted by Crippen LogP contribution is 2.50. The Morgan fingerprint density at radius 3 is 1.73 bits per heavy atom. The third-order valence-electron chi connectivity index (χ3n) is 2.12. The van der Waals surface area contributed by atoms with Crippen LogP contribution in [-0.4, -0.2) is 43.7 Å². The number of halogens is 6. The molecule has 0 bridgehead atoms. The van der Waals surface area contributed by atoms with Gasteiger partial charge in [-0.1, -0.05) is 6.92 Å². The van der Waals surface area contributed by atoms with Gasteiger partial charge in [-0.3, -0.25) is 9.35 Å². The predicted octanol–water partition coefficient (Wildman–Crippen LogP) is 0.941. The lowest BCUT2D eigenvalue weighted by molar-refractivity contribution is -0.245. The first-order valence-corrected chi connectivity index (χ1v) is 8.03. The lowest BCUT2D eigenvalue weighted by Gasteiger charge is -2.30. The number of hydrogen-bond donors (Lipinski definition) is 2. The fraction of sp³-hybridized carbons (Fsp3) is 0.857. The Hall–Kier alpha value is -1.09. The number of nitrogens with one attached hydrogen (secondary N) is 1. The van der Waals surface area contributed by atoms with Crippen LogP contribution in [0.3, 0.4) is 0 Å². The maximum atomic E-state index is 13.2. The molecule has 0 rings (SSSR count). The van der Waals surface area contributed by atoms with Crippen molar-refractivity contribution in [2.45, 2.75) is 36.2 Å². The van der Waals surface area contributed by atoms with E-state index in [0.717, 1.165) is 0 Å². The lowest BCUT2D eigenvalue weighted by atomic mass is 10.3. The quantitative estimate of drug-likeness (QED) is 0.501. The largest absolute Gasteiger partial charge is 0.439 e. The molecule has 2 N–H and O–H groups in total. The van der Waals surface area contributed by atoms with E-state index in [-0.39, 0.29) is 6.42 Å². The molecule has 0 unspecified atom stereocenters. The van der Waals surface area contributed by atoms with Crippen molar-refractivity contribution >= 4 is 26.0 Å². The van der Waals surface area contributed by atoms with Crippen molar-refractivity contribution in [2.75, 3.05) is 0 Å². The molecule has 0 aromatic rings. The molecule has 0 aromatic carbocycles. The highest BCUT2D eigenvalue weighted by molar-refractivity contribution is 7.91. The normalized spacial score (nSPS) is 14.7. The molecule has 0 aromatic heterocycles. The van der Waals surface area contributed by atoms with Crippen LogP contribution in [0.15, 0.2) is 0 Å². The summed E-state index contributed by atoms with van der Waals surface area (Å²) in [6.07, 6.45) is -0.805. The van der Waals surface area contributed by atoms with Crippen LogP contribution in [0.1, 0.15) is 19.8 Å².